The number of hydrogen-bond donors (Lipinski definition) is 1. The van der Waals surface area contributed by atoms with Gasteiger partial charge in [-0.15, -0.1) is 10.2 Å². The summed E-state index contributed by atoms with van der Waals surface area (Å²) < 4.78 is 16.2. The van der Waals surface area contributed by atoms with Gasteiger partial charge in [-0.1, -0.05) is 57.5 Å². The Morgan fingerprint density at radius 1 is 1.29 bits per heavy atom. The SMILES string of the molecule is CC(C)Cn1c(SCC(=O)N[C@@H]2CCCC[C@H]2C)nnc1-c1ccccc1F. The molecule has 0 saturated heterocycles. The van der Waals surface area contributed by atoms with Crippen LogP contribution in [0.5, 0.6) is 0 Å². The largest absolute Gasteiger partial charge is 0.352 e. The smallest absolute Gasteiger partial charge is 0.230 e. The number of amides is 1. The Bertz CT molecular complexity index is 807. The van der Waals surface area contributed by atoms with Crippen LogP contribution in [0.4, 0.5) is 4.39 Å². The molecule has 1 heterocycles. The number of halogens is 1. The zero-order chi connectivity index (χ0) is 20.1. The molecule has 5 nitrogen and oxygen atoms in total. The van der Waals surface area contributed by atoms with Gasteiger partial charge in [0.05, 0.1) is 11.3 Å². The maximum Gasteiger partial charge on any atom is 0.230 e. The topological polar surface area (TPSA) is 59.8 Å². The van der Waals surface area contributed by atoms with E-state index in [1.807, 2.05) is 4.57 Å². The number of nitrogens with zero attached hydrogens (tertiary/aromatic N) is 3. The molecule has 1 aromatic heterocycles. The summed E-state index contributed by atoms with van der Waals surface area (Å²) in [5.74, 6) is 1.38. The van der Waals surface area contributed by atoms with E-state index in [1.165, 1.54) is 37.1 Å². The molecule has 2 aromatic rings. The van der Waals surface area contributed by atoms with Gasteiger partial charge in [-0.3, -0.25) is 4.79 Å². The third kappa shape index (κ3) is 5.13. The van der Waals surface area contributed by atoms with Crippen molar-refractivity contribution in [1.29, 1.82) is 0 Å². The van der Waals surface area contributed by atoms with Gasteiger partial charge < -0.3 is 9.88 Å². The van der Waals surface area contributed by atoms with E-state index in [4.69, 9.17) is 0 Å². The highest BCUT2D eigenvalue weighted by atomic mass is 32.2. The minimum atomic E-state index is -0.319. The molecule has 1 N–H and O–H groups in total. The normalized spacial score (nSPS) is 19.8. The fourth-order valence-corrected chi connectivity index (χ4v) is 4.44. The fraction of sp³-hybridized carbons (Fsp3) is 0.571. The summed E-state index contributed by atoms with van der Waals surface area (Å²) in [6.07, 6.45) is 4.65. The third-order valence-electron chi connectivity index (χ3n) is 5.17. The lowest BCUT2D eigenvalue weighted by Crippen LogP contribution is -2.41. The highest BCUT2D eigenvalue weighted by Gasteiger charge is 2.23. The maximum atomic E-state index is 14.3. The number of nitrogens with one attached hydrogen (secondary N) is 1. The van der Waals surface area contributed by atoms with Crippen molar-refractivity contribution in [3.8, 4) is 11.4 Å². The van der Waals surface area contributed by atoms with E-state index in [9.17, 15) is 9.18 Å². The van der Waals surface area contributed by atoms with Crippen molar-refractivity contribution in [3.05, 3.63) is 30.1 Å². The van der Waals surface area contributed by atoms with Crippen LogP contribution in [0.2, 0.25) is 0 Å². The van der Waals surface area contributed by atoms with E-state index in [2.05, 4.69) is 36.3 Å². The standard InChI is InChI=1S/C21H29FN4OS/c1-14(2)12-26-20(16-9-5-6-10-17(16)22)24-25-21(26)28-13-19(27)23-18-11-7-4-8-15(18)3/h5-6,9-10,14-15,18H,4,7-8,11-13H2,1-3H3,(H,23,27)/t15-,18-/m1/s1. The summed E-state index contributed by atoms with van der Waals surface area (Å²) >= 11 is 1.36. The summed E-state index contributed by atoms with van der Waals surface area (Å²) in [6, 6.07) is 6.86. The molecule has 1 aliphatic rings. The van der Waals surface area contributed by atoms with Crippen LogP contribution in [0.25, 0.3) is 11.4 Å². The van der Waals surface area contributed by atoms with Crippen molar-refractivity contribution < 1.29 is 9.18 Å². The Balaban J connectivity index is 1.71. The molecule has 1 amide bonds. The number of aromatic nitrogens is 3. The number of rotatable bonds is 7. The summed E-state index contributed by atoms with van der Waals surface area (Å²) in [7, 11) is 0. The van der Waals surface area contributed by atoms with E-state index in [0.717, 1.165) is 6.42 Å². The Kier molecular flexibility index (Phi) is 7.10. The quantitative estimate of drug-likeness (QED) is 0.689. The highest BCUT2D eigenvalue weighted by molar-refractivity contribution is 7.99. The lowest BCUT2D eigenvalue weighted by molar-refractivity contribution is -0.119. The Morgan fingerprint density at radius 3 is 2.75 bits per heavy atom. The van der Waals surface area contributed by atoms with E-state index in [1.54, 1.807) is 18.2 Å². The molecule has 2 atom stereocenters. The van der Waals surface area contributed by atoms with Gasteiger partial charge in [0.15, 0.2) is 11.0 Å². The zero-order valence-corrected chi connectivity index (χ0v) is 17.6. The summed E-state index contributed by atoms with van der Waals surface area (Å²) in [5, 5.41) is 12.3. The van der Waals surface area contributed by atoms with Gasteiger partial charge in [0.25, 0.3) is 0 Å². The van der Waals surface area contributed by atoms with E-state index < -0.39 is 0 Å². The number of benzene rings is 1. The molecule has 3 rings (SSSR count). The molecular weight excluding hydrogens is 375 g/mol. The molecule has 152 valence electrons. The monoisotopic (exact) mass is 404 g/mol. The van der Waals surface area contributed by atoms with Gasteiger partial charge in [-0.2, -0.15) is 0 Å². The molecular formula is C21H29FN4OS. The van der Waals surface area contributed by atoms with Crippen LogP contribution < -0.4 is 5.32 Å². The van der Waals surface area contributed by atoms with Crippen molar-refractivity contribution in [2.45, 2.75) is 64.2 Å². The first-order valence-corrected chi connectivity index (χ1v) is 11.0. The molecule has 0 spiro atoms. The Morgan fingerprint density at radius 2 is 2.04 bits per heavy atom. The Hall–Kier alpha value is -1.89. The van der Waals surface area contributed by atoms with Crippen LogP contribution in [-0.2, 0) is 11.3 Å². The summed E-state index contributed by atoms with van der Waals surface area (Å²) in [4.78, 5) is 12.4. The molecule has 0 bridgehead atoms. The number of carbonyl (C=O) groups is 1. The molecule has 0 unspecified atom stereocenters. The molecule has 1 saturated carbocycles. The molecule has 1 aromatic carbocycles. The fourth-order valence-electron chi connectivity index (χ4n) is 3.68. The molecule has 7 heteroatoms. The van der Waals surface area contributed by atoms with Crippen LogP contribution in [0.15, 0.2) is 29.4 Å². The average Bonchev–Trinajstić information content (AvgIpc) is 3.04. The van der Waals surface area contributed by atoms with E-state index in [-0.39, 0.29) is 23.5 Å². The minimum Gasteiger partial charge on any atom is -0.352 e. The number of carbonyl (C=O) groups excluding carboxylic acids is 1. The number of hydrogen-bond acceptors (Lipinski definition) is 4. The van der Waals surface area contributed by atoms with Crippen LogP contribution >= 0.6 is 11.8 Å². The first-order valence-electron chi connectivity index (χ1n) is 10.1. The van der Waals surface area contributed by atoms with Crippen molar-refractivity contribution in [3.63, 3.8) is 0 Å². The zero-order valence-electron chi connectivity index (χ0n) is 16.8. The lowest BCUT2D eigenvalue weighted by Gasteiger charge is -2.29. The molecule has 1 fully saturated rings. The molecule has 0 radical (unpaired) electrons. The predicted molar refractivity (Wildman–Crippen MR) is 111 cm³/mol. The van der Waals surface area contributed by atoms with Gasteiger partial charge in [-0.05, 0) is 36.8 Å². The Labute approximate surface area is 170 Å². The van der Waals surface area contributed by atoms with Gasteiger partial charge in [-0.25, -0.2) is 4.39 Å². The molecule has 28 heavy (non-hydrogen) atoms. The van der Waals surface area contributed by atoms with Crippen molar-refractivity contribution in [1.82, 2.24) is 20.1 Å². The predicted octanol–water partition coefficient (Wildman–Crippen LogP) is 4.53. The second kappa shape index (κ2) is 9.54. The first kappa shape index (κ1) is 20.8. The van der Waals surface area contributed by atoms with Gasteiger partial charge in [0.2, 0.25) is 5.91 Å². The van der Waals surface area contributed by atoms with Gasteiger partial charge in [0.1, 0.15) is 5.82 Å². The van der Waals surface area contributed by atoms with Crippen LogP contribution in [0.3, 0.4) is 0 Å². The average molecular weight is 405 g/mol. The molecule has 0 aliphatic heterocycles. The van der Waals surface area contributed by atoms with Crippen molar-refractivity contribution >= 4 is 17.7 Å². The van der Waals surface area contributed by atoms with Crippen molar-refractivity contribution in [2.75, 3.05) is 5.75 Å². The molecule has 1 aliphatic carbocycles. The lowest BCUT2D eigenvalue weighted by atomic mass is 9.86. The van der Waals surface area contributed by atoms with Crippen molar-refractivity contribution in [2.24, 2.45) is 11.8 Å². The summed E-state index contributed by atoms with van der Waals surface area (Å²) in [6.45, 7) is 7.06. The van der Waals surface area contributed by atoms with Crippen LogP contribution in [-0.4, -0.2) is 32.5 Å². The highest BCUT2D eigenvalue weighted by Crippen LogP contribution is 2.27. The second-order valence-electron chi connectivity index (χ2n) is 8.01. The van der Waals surface area contributed by atoms with Crippen LogP contribution in [0.1, 0.15) is 46.5 Å². The van der Waals surface area contributed by atoms with E-state index in [0.29, 0.717) is 34.9 Å². The third-order valence-corrected chi connectivity index (χ3v) is 6.14. The van der Waals surface area contributed by atoms with Gasteiger partial charge >= 0.3 is 0 Å². The summed E-state index contributed by atoms with van der Waals surface area (Å²) in [5.41, 5.74) is 0.433. The second-order valence-corrected chi connectivity index (χ2v) is 8.96. The maximum absolute atomic E-state index is 14.3. The van der Waals surface area contributed by atoms with Crippen LogP contribution in [0, 0.1) is 17.7 Å². The van der Waals surface area contributed by atoms with E-state index >= 15 is 0 Å². The first-order chi connectivity index (χ1) is 13.5. The van der Waals surface area contributed by atoms with Gasteiger partial charge in [0, 0.05) is 12.6 Å². The minimum absolute atomic E-state index is 0.0234. The number of thioether (sulfide) groups is 1.